The van der Waals surface area contributed by atoms with Gasteiger partial charge in [-0.1, -0.05) is 0 Å². The summed E-state index contributed by atoms with van der Waals surface area (Å²) in [4.78, 5) is 17.6. The molecule has 0 amide bonds. The predicted molar refractivity (Wildman–Crippen MR) is 51.6 cm³/mol. The van der Waals surface area contributed by atoms with Crippen molar-refractivity contribution >= 4 is 0 Å². The van der Waals surface area contributed by atoms with E-state index in [0.717, 1.165) is 0 Å². The van der Waals surface area contributed by atoms with Crippen LogP contribution in [0.4, 0.5) is 0 Å². The number of aliphatic hydroxyl groups excluding tert-OH is 3. The van der Waals surface area contributed by atoms with E-state index in [1.807, 2.05) is 0 Å². The van der Waals surface area contributed by atoms with Crippen LogP contribution in [0.3, 0.4) is 0 Å². The second kappa shape index (κ2) is 4.30. The second-order valence-electron chi connectivity index (χ2n) is 3.56. The van der Waals surface area contributed by atoms with Gasteiger partial charge in [-0.2, -0.15) is 0 Å². The smallest absolute Gasteiger partial charge is 0.272 e. The zero-order valence-corrected chi connectivity index (χ0v) is 8.28. The molecule has 7 heteroatoms. The Labute approximate surface area is 90.3 Å². The molecule has 16 heavy (non-hydrogen) atoms. The number of nitrogens with zero attached hydrogens (tertiary/aromatic N) is 1. The number of H-pyrrole nitrogens is 1. The molecule has 1 aliphatic heterocycles. The van der Waals surface area contributed by atoms with E-state index in [-0.39, 0.29) is 5.69 Å². The molecule has 1 saturated heterocycles. The molecule has 0 aromatic carbocycles. The molecule has 1 aliphatic rings. The first-order chi connectivity index (χ1) is 7.65. The molecular formula is C9H12N2O5. The van der Waals surface area contributed by atoms with Gasteiger partial charge in [-0.3, -0.25) is 9.78 Å². The highest BCUT2D eigenvalue weighted by Gasteiger charge is 2.44. The standard InChI is InChI=1S/C9H12N2O5/c12-3-4-6(13)7(14)8(16-4)5-9(15)11-2-1-10-5/h1-2,4,6-8,12-14H,3H2,(H,11,15)/t4-,6-,7-,8?/m1/s1. The molecule has 1 aromatic rings. The average Bonchev–Trinajstić information content (AvgIpc) is 2.57. The van der Waals surface area contributed by atoms with Crippen molar-refractivity contribution in [2.45, 2.75) is 24.4 Å². The van der Waals surface area contributed by atoms with Crippen LogP contribution in [-0.2, 0) is 4.74 Å². The number of hydrogen-bond acceptors (Lipinski definition) is 6. The highest BCUT2D eigenvalue weighted by atomic mass is 16.6. The molecule has 4 N–H and O–H groups in total. The molecule has 0 radical (unpaired) electrons. The molecule has 1 unspecified atom stereocenters. The molecule has 2 rings (SSSR count). The lowest BCUT2D eigenvalue weighted by Crippen LogP contribution is -2.33. The Balaban J connectivity index is 2.30. The van der Waals surface area contributed by atoms with Crippen LogP contribution in [0.25, 0.3) is 0 Å². The fourth-order valence-electron chi connectivity index (χ4n) is 1.69. The van der Waals surface area contributed by atoms with Gasteiger partial charge < -0.3 is 25.0 Å². The van der Waals surface area contributed by atoms with E-state index < -0.39 is 36.6 Å². The molecule has 1 fully saturated rings. The first-order valence-corrected chi connectivity index (χ1v) is 4.81. The van der Waals surface area contributed by atoms with Gasteiger partial charge in [-0.15, -0.1) is 0 Å². The van der Waals surface area contributed by atoms with Crippen molar-refractivity contribution in [3.8, 4) is 0 Å². The Kier molecular flexibility index (Phi) is 3.01. The SMILES string of the molecule is O=c1[nH]ccnc1C1O[C@H](CO)[C@@H](O)[C@H]1O. The van der Waals surface area contributed by atoms with Gasteiger partial charge in [0.2, 0.25) is 0 Å². The van der Waals surface area contributed by atoms with Crippen LogP contribution in [-0.4, -0.2) is 50.2 Å². The summed E-state index contributed by atoms with van der Waals surface area (Å²) in [7, 11) is 0. The topological polar surface area (TPSA) is 116 Å². The lowest BCUT2D eigenvalue weighted by Gasteiger charge is -2.12. The van der Waals surface area contributed by atoms with Crippen molar-refractivity contribution in [2.75, 3.05) is 6.61 Å². The maximum atomic E-state index is 11.4. The summed E-state index contributed by atoms with van der Waals surface area (Å²) in [5.74, 6) is 0. The number of rotatable bonds is 2. The van der Waals surface area contributed by atoms with E-state index in [4.69, 9.17) is 9.84 Å². The fourth-order valence-corrected chi connectivity index (χ4v) is 1.69. The third-order valence-corrected chi connectivity index (χ3v) is 2.55. The van der Waals surface area contributed by atoms with E-state index in [1.165, 1.54) is 12.4 Å². The first-order valence-electron chi connectivity index (χ1n) is 4.81. The van der Waals surface area contributed by atoms with Crippen molar-refractivity contribution in [3.05, 3.63) is 28.4 Å². The van der Waals surface area contributed by atoms with E-state index in [9.17, 15) is 15.0 Å². The van der Waals surface area contributed by atoms with E-state index >= 15 is 0 Å². The Morgan fingerprint density at radius 1 is 1.44 bits per heavy atom. The Morgan fingerprint density at radius 3 is 2.75 bits per heavy atom. The van der Waals surface area contributed by atoms with Gasteiger partial charge in [-0.05, 0) is 0 Å². The molecule has 7 nitrogen and oxygen atoms in total. The third-order valence-electron chi connectivity index (χ3n) is 2.55. The van der Waals surface area contributed by atoms with Crippen LogP contribution in [0.15, 0.2) is 17.2 Å². The Hall–Kier alpha value is -1.28. The van der Waals surface area contributed by atoms with Gasteiger partial charge in [0.15, 0.2) is 0 Å². The summed E-state index contributed by atoms with van der Waals surface area (Å²) >= 11 is 0. The summed E-state index contributed by atoms with van der Waals surface area (Å²) in [6.45, 7) is -0.431. The number of ether oxygens (including phenoxy) is 1. The average molecular weight is 228 g/mol. The lowest BCUT2D eigenvalue weighted by molar-refractivity contribution is -0.0243. The Morgan fingerprint density at radius 2 is 2.19 bits per heavy atom. The van der Waals surface area contributed by atoms with Gasteiger partial charge in [0.25, 0.3) is 5.56 Å². The predicted octanol–water partition coefficient (Wildman–Crippen LogP) is -2.08. The molecule has 1 aromatic heterocycles. The number of aromatic amines is 1. The number of nitrogens with one attached hydrogen (secondary N) is 1. The summed E-state index contributed by atoms with van der Waals surface area (Å²) in [5, 5.41) is 28.0. The van der Waals surface area contributed by atoms with Crippen molar-refractivity contribution in [1.29, 1.82) is 0 Å². The van der Waals surface area contributed by atoms with Crippen molar-refractivity contribution < 1.29 is 20.1 Å². The van der Waals surface area contributed by atoms with Gasteiger partial charge in [0.1, 0.15) is 30.1 Å². The summed E-state index contributed by atoms with van der Waals surface area (Å²) < 4.78 is 5.17. The number of aromatic nitrogens is 2. The molecule has 0 bridgehead atoms. The maximum Gasteiger partial charge on any atom is 0.272 e. The monoisotopic (exact) mass is 228 g/mol. The van der Waals surface area contributed by atoms with E-state index in [1.54, 1.807) is 0 Å². The summed E-state index contributed by atoms with van der Waals surface area (Å²) in [5.41, 5.74) is -0.498. The maximum absolute atomic E-state index is 11.4. The normalized spacial score (nSPS) is 34.2. The zero-order valence-electron chi connectivity index (χ0n) is 8.28. The van der Waals surface area contributed by atoms with E-state index in [2.05, 4.69) is 9.97 Å². The molecule has 88 valence electrons. The van der Waals surface area contributed by atoms with Crippen LogP contribution in [0, 0.1) is 0 Å². The minimum Gasteiger partial charge on any atom is -0.394 e. The van der Waals surface area contributed by atoms with Crippen molar-refractivity contribution in [1.82, 2.24) is 9.97 Å². The van der Waals surface area contributed by atoms with Gasteiger partial charge in [0.05, 0.1) is 6.61 Å². The van der Waals surface area contributed by atoms with Gasteiger partial charge in [-0.25, -0.2) is 0 Å². The van der Waals surface area contributed by atoms with E-state index in [0.29, 0.717) is 0 Å². The highest BCUT2D eigenvalue weighted by molar-refractivity contribution is 5.07. The van der Waals surface area contributed by atoms with Crippen LogP contribution >= 0.6 is 0 Å². The number of aliphatic hydroxyl groups is 3. The van der Waals surface area contributed by atoms with Crippen LogP contribution in [0.1, 0.15) is 11.8 Å². The zero-order chi connectivity index (χ0) is 11.7. The van der Waals surface area contributed by atoms with Gasteiger partial charge >= 0.3 is 0 Å². The Bertz CT molecular complexity index is 420. The minimum absolute atomic E-state index is 0.00926. The molecule has 4 atom stereocenters. The molecule has 0 spiro atoms. The summed E-state index contributed by atoms with van der Waals surface area (Å²) in [6.07, 6.45) is -1.71. The molecule has 0 aliphatic carbocycles. The largest absolute Gasteiger partial charge is 0.394 e. The van der Waals surface area contributed by atoms with Crippen LogP contribution in [0.5, 0.6) is 0 Å². The van der Waals surface area contributed by atoms with Crippen molar-refractivity contribution in [2.24, 2.45) is 0 Å². The first kappa shape index (κ1) is 11.2. The van der Waals surface area contributed by atoms with Crippen LogP contribution < -0.4 is 5.56 Å². The molecule has 0 saturated carbocycles. The van der Waals surface area contributed by atoms with Gasteiger partial charge in [0, 0.05) is 12.4 Å². The lowest BCUT2D eigenvalue weighted by atomic mass is 10.1. The molecule has 2 heterocycles. The molecular weight excluding hydrogens is 216 g/mol. The van der Waals surface area contributed by atoms with Crippen molar-refractivity contribution in [3.63, 3.8) is 0 Å². The van der Waals surface area contributed by atoms with Crippen LogP contribution in [0.2, 0.25) is 0 Å². The summed E-state index contributed by atoms with van der Waals surface area (Å²) in [6, 6.07) is 0. The minimum atomic E-state index is -1.27. The fraction of sp³-hybridized carbons (Fsp3) is 0.556. The third kappa shape index (κ3) is 1.74. The number of hydrogen-bond donors (Lipinski definition) is 4. The highest BCUT2D eigenvalue weighted by Crippen LogP contribution is 2.30. The second-order valence-corrected chi connectivity index (χ2v) is 3.56. The quantitative estimate of drug-likeness (QED) is 0.462.